The van der Waals surface area contributed by atoms with Crippen LogP contribution in [0.25, 0.3) is 0 Å². The van der Waals surface area contributed by atoms with Gasteiger partial charge in [0.1, 0.15) is 5.76 Å². The second-order valence-corrected chi connectivity index (χ2v) is 6.07. The number of aryl methyl sites for hydroxylation is 2. The Hall–Kier alpha value is -1.46. The summed E-state index contributed by atoms with van der Waals surface area (Å²) in [5.74, 6) is 2.44. The highest BCUT2D eigenvalue weighted by Crippen LogP contribution is 2.16. The topological polar surface area (TPSA) is 55.1 Å². The van der Waals surface area contributed by atoms with E-state index in [0.717, 1.165) is 22.8 Å². The third kappa shape index (κ3) is 5.10. The van der Waals surface area contributed by atoms with Gasteiger partial charge in [0.25, 0.3) is 0 Å². The van der Waals surface area contributed by atoms with Crippen LogP contribution in [0.15, 0.2) is 28.7 Å². The van der Waals surface area contributed by atoms with Crippen LogP contribution in [0, 0.1) is 13.8 Å². The third-order valence-electron chi connectivity index (χ3n) is 2.90. The number of rotatable bonds is 6. The molecule has 1 amide bonds. The number of carbonyl (C=O) groups excluding carboxylic acids is 1. The highest BCUT2D eigenvalue weighted by Gasteiger charge is 2.07. The van der Waals surface area contributed by atoms with Crippen molar-refractivity contribution in [1.82, 2.24) is 10.3 Å². The highest BCUT2D eigenvalue weighted by atomic mass is 35.5. The first kappa shape index (κ1) is 15.9. The summed E-state index contributed by atoms with van der Waals surface area (Å²) >= 11 is 7.46. The summed E-state index contributed by atoms with van der Waals surface area (Å²) in [6, 6.07) is 7.65. The van der Waals surface area contributed by atoms with Gasteiger partial charge in [-0.1, -0.05) is 23.7 Å². The molecule has 2 rings (SSSR count). The molecule has 0 unspecified atom stereocenters. The summed E-state index contributed by atoms with van der Waals surface area (Å²) in [6.07, 6.45) is 0. The number of thioether (sulfide) groups is 1. The lowest BCUT2D eigenvalue weighted by molar-refractivity contribution is -0.118. The van der Waals surface area contributed by atoms with Crippen LogP contribution in [0.3, 0.4) is 0 Å². The number of carbonyl (C=O) groups is 1. The van der Waals surface area contributed by atoms with Crippen molar-refractivity contribution in [3.63, 3.8) is 0 Å². The summed E-state index contributed by atoms with van der Waals surface area (Å²) in [6.45, 7) is 4.06. The number of nitrogens with one attached hydrogen (secondary N) is 1. The number of hydrogen-bond acceptors (Lipinski definition) is 4. The molecule has 0 fully saturated rings. The van der Waals surface area contributed by atoms with Gasteiger partial charge >= 0.3 is 0 Å². The molecule has 0 atom stereocenters. The molecule has 0 saturated heterocycles. The first-order chi connectivity index (χ1) is 10.0. The van der Waals surface area contributed by atoms with Crippen LogP contribution in [0.2, 0.25) is 5.02 Å². The molecule has 21 heavy (non-hydrogen) atoms. The summed E-state index contributed by atoms with van der Waals surface area (Å²) in [5.41, 5.74) is 1.97. The predicted octanol–water partition coefficient (Wildman–Crippen LogP) is 3.49. The quantitative estimate of drug-likeness (QED) is 0.883. The minimum Gasteiger partial charge on any atom is -0.444 e. The number of aromatic nitrogens is 1. The predicted molar refractivity (Wildman–Crippen MR) is 85.4 cm³/mol. The number of oxazole rings is 1. The van der Waals surface area contributed by atoms with Gasteiger partial charge in [-0.2, -0.15) is 0 Å². The molecule has 1 N–H and O–H groups in total. The average molecular weight is 325 g/mol. The summed E-state index contributed by atoms with van der Waals surface area (Å²) in [7, 11) is 0. The Morgan fingerprint density at radius 1 is 1.43 bits per heavy atom. The molecule has 1 aromatic carbocycles. The average Bonchev–Trinajstić information content (AvgIpc) is 2.76. The Labute approximate surface area is 133 Å². The molecule has 6 heteroatoms. The van der Waals surface area contributed by atoms with Crippen LogP contribution in [-0.4, -0.2) is 16.6 Å². The Bertz CT molecular complexity index is 608. The van der Waals surface area contributed by atoms with Crippen LogP contribution < -0.4 is 5.32 Å². The van der Waals surface area contributed by atoms with E-state index in [4.69, 9.17) is 16.0 Å². The van der Waals surface area contributed by atoms with Crippen molar-refractivity contribution in [2.24, 2.45) is 0 Å². The van der Waals surface area contributed by atoms with Crippen molar-refractivity contribution >= 4 is 29.3 Å². The van der Waals surface area contributed by atoms with Gasteiger partial charge in [0.15, 0.2) is 0 Å². The zero-order chi connectivity index (χ0) is 15.2. The number of nitrogens with zero attached hydrogens (tertiary/aromatic N) is 1. The minimum atomic E-state index is -0.0319. The molecule has 0 spiro atoms. The van der Waals surface area contributed by atoms with Gasteiger partial charge in [-0.3, -0.25) is 4.79 Å². The van der Waals surface area contributed by atoms with Gasteiger partial charge in [-0.25, -0.2) is 4.98 Å². The fraction of sp³-hybridized carbons (Fsp3) is 0.333. The van der Waals surface area contributed by atoms with Crippen LogP contribution >= 0.6 is 23.4 Å². The van der Waals surface area contributed by atoms with Crippen molar-refractivity contribution in [1.29, 1.82) is 0 Å². The maximum atomic E-state index is 11.7. The Morgan fingerprint density at radius 3 is 2.90 bits per heavy atom. The summed E-state index contributed by atoms with van der Waals surface area (Å²) < 4.78 is 5.40. The highest BCUT2D eigenvalue weighted by molar-refractivity contribution is 7.99. The molecule has 0 bridgehead atoms. The molecule has 0 aliphatic carbocycles. The Kier molecular flexibility index (Phi) is 5.70. The van der Waals surface area contributed by atoms with Gasteiger partial charge in [0, 0.05) is 10.8 Å². The monoisotopic (exact) mass is 324 g/mol. The Morgan fingerprint density at radius 2 is 2.24 bits per heavy atom. The van der Waals surface area contributed by atoms with Crippen LogP contribution in [-0.2, 0) is 17.1 Å². The molecule has 1 aromatic heterocycles. The van der Waals surface area contributed by atoms with E-state index in [-0.39, 0.29) is 5.91 Å². The van der Waals surface area contributed by atoms with Gasteiger partial charge in [-0.15, -0.1) is 11.8 Å². The van der Waals surface area contributed by atoms with E-state index in [0.29, 0.717) is 23.2 Å². The van der Waals surface area contributed by atoms with E-state index in [2.05, 4.69) is 10.3 Å². The molecule has 2 aromatic rings. The van der Waals surface area contributed by atoms with E-state index < -0.39 is 0 Å². The molecule has 0 aliphatic rings. The first-order valence-electron chi connectivity index (χ1n) is 6.56. The van der Waals surface area contributed by atoms with E-state index in [9.17, 15) is 4.79 Å². The van der Waals surface area contributed by atoms with E-state index in [1.54, 1.807) is 11.8 Å². The molecule has 112 valence electrons. The molecule has 0 saturated carbocycles. The van der Waals surface area contributed by atoms with Crippen LogP contribution in [0.1, 0.15) is 22.9 Å². The number of benzene rings is 1. The van der Waals surface area contributed by atoms with Crippen molar-refractivity contribution in [2.45, 2.75) is 26.1 Å². The molecule has 4 nitrogen and oxygen atoms in total. The standard InChI is InChI=1S/C15H17ClN2O2S/c1-10-11(2)20-15(18-10)7-17-14(19)9-21-8-12-4-3-5-13(16)6-12/h3-6H,7-9H2,1-2H3,(H,17,19). The molecule has 1 heterocycles. The zero-order valence-electron chi connectivity index (χ0n) is 12.0. The molecule has 0 aliphatic heterocycles. The fourth-order valence-corrected chi connectivity index (χ4v) is 2.75. The van der Waals surface area contributed by atoms with Crippen LogP contribution in [0.4, 0.5) is 0 Å². The maximum absolute atomic E-state index is 11.7. The van der Waals surface area contributed by atoms with Gasteiger partial charge < -0.3 is 9.73 Å². The van der Waals surface area contributed by atoms with Crippen molar-refractivity contribution < 1.29 is 9.21 Å². The minimum absolute atomic E-state index is 0.0319. The first-order valence-corrected chi connectivity index (χ1v) is 8.09. The maximum Gasteiger partial charge on any atom is 0.230 e. The fourth-order valence-electron chi connectivity index (χ4n) is 1.73. The number of halogens is 1. The molecular weight excluding hydrogens is 308 g/mol. The van der Waals surface area contributed by atoms with E-state index in [1.165, 1.54) is 0 Å². The van der Waals surface area contributed by atoms with E-state index in [1.807, 2.05) is 38.1 Å². The lowest BCUT2D eigenvalue weighted by Crippen LogP contribution is -2.24. The molecule has 0 radical (unpaired) electrons. The Balaban J connectivity index is 1.70. The summed E-state index contributed by atoms with van der Waals surface area (Å²) in [4.78, 5) is 16.0. The van der Waals surface area contributed by atoms with Crippen LogP contribution in [0.5, 0.6) is 0 Å². The second kappa shape index (κ2) is 7.52. The van der Waals surface area contributed by atoms with Gasteiger partial charge in [0.2, 0.25) is 11.8 Å². The van der Waals surface area contributed by atoms with Gasteiger partial charge in [0.05, 0.1) is 18.0 Å². The second-order valence-electron chi connectivity index (χ2n) is 4.65. The largest absolute Gasteiger partial charge is 0.444 e. The number of amides is 1. The number of hydrogen-bond donors (Lipinski definition) is 1. The smallest absolute Gasteiger partial charge is 0.230 e. The van der Waals surface area contributed by atoms with E-state index >= 15 is 0 Å². The van der Waals surface area contributed by atoms with Crippen molar-refractivity contribution in [3.8, 4) is 0 Å². The lowest BCUT2D eigenvalue weighted by Gasteiger charge is -2.03. The summed E-state index contributed by atoms with van der Waals surface area (Å²) in [5, 5.41) is 3.51. The third-order valence-corrected chi connectivity index (χ3v) is 4.14. The van der Waals surface area contributed by atoms with Crippen molar-refractivity contribution in [2.75, 3.05) is 5.75 Å². The normalized spacial score (nSPS) is 10.6. The van der Waals surface area contributed by atoms with Crippen molar-refractivity contribution in [3.05, 3.63) is 52.2 Å². The molecular formula is C15H17ClN2O2S. The zero-order valence-corrected chi connectivity index (χ0v) is 13.6. The van der Waals surface area contributed by atoms with Gasteiger partial charge in [-0.05, 0) is 31.5 Å². The SMILES string of the molecule is Cc1nc(CNC(=O)CSCc2cccc(Cl)c2)oc1C. The lowest BCUT2D eigenvalue weighted by atomic mass is 10.2.